The number of carbonyl (C=O) groups excluding carboxylic acids is 1. The molecule has 122 valence electrons. The minimum Gasteiger partial charge on any atom is -0.356 e. The molecule has 1 unspecified atom stereocenters. The lowest BCUT2D eigenvalue weighted by molar-refractivity contribution is -0.116. The summed E-state index contributed by atoms with van der Waals surface area (Å²) in [6, 6.07) is 4.03. The van der Waals surface area contributed by atoms with E-state index in [1.807, 2.05) is 13.0 Å². The fourth-order valence-corrected chi connectivity index (χ4v) is 1.62. The largest absolute Gasteiger partial charge is 0.356 e. The van der Waals surface area contributed by atoms with Crippen molar-refractivity contribution in [3.8, 4) is 0 Å². The Labute approximate surface area is 132 Å². The number of hydrogen-bond acceptors (Lipinski definition) is 3. The zero-order chi connectivity index (χ0) is 16.5. The number of anilines is 1. The molecule has 1 rings (SSSR count). The number of nitrogens with one attached hydrogen (secondary N) is 3. The number of rotatable bonds is 6. The van der Waals surface area contributed by atoms with Gasteiger partial charge in [-0.05, 0) is 31.4 Å². The van der Waals surface area contributed by atoms with Crippen LogP contribution >= 0.6 is 0 Å². The molecule has 22 heavy (non-hydrogen) atoms. The summed E-state index contributed by atoms with van der Waals surface area (Å²) >= 11 is 0. The van der Waals surface area contributed by atoms with Gasteiger partial charge in [0.2, 0.25) is 5.91 Å². The molecule has 0 aliphatic rings. The first-order chi connectivity index (χ1) is 10.4. The van der Waals surface area contributed by atoms with Gasteiger partial charge in [0, 0.05) is 32.3 Å². The summed E-state index contributed by atoms with van der Waals surface area (Å²) in [6.45, 7) is 8.87. The minimum atomic E-state index is -0.0729. The Bertz CT molecular complexity index is 496. The lowest BCUT2D eigenvalue weighted by Crippen LogP contribution is -2.44. The maximum Gasteiger partial charge on any atom is 0.227 e. The summed E-state index contributed by atoms with van der Waals surface area (Å²) in [5.41, 5.74) is 1.06. The van der Waals surface area contributed by atoms with Crippen LogP contribution in [-0.4, -0.2) is 36.5 Å². The van der Waals surface area contributed by atoms with Crippen LogP contribution in [0.1, 0.15) is 32.8 Å². The number of hydrogen-bond donors (Lipinski definition) is 3. The zero-order valence-electron chi connectivity index (χ0n) is 14.1. The van der Waals surface area contributed by atoms with Gasteiger partial charge in [-0.1, -0.05) is 19.9 Å². The molecular weight excluding hydrogens is 278 g/mol. The van der Waals surface area contributed by atoms with Gasteiger partial charge in [-0.25, -0.2) is 4.98 Å². The molecule has 0 spiro atoms. The van der Waals surface area contributed by atoms with E-state index in [0.29, 0.717) is 36.7 Å². The number of aryl methyl sites for hydroxylation is 1. The molecule has 1 heterocycles. The molecule has 3 N–H and O–H groups in total. The Hall–Kier alpha value is -2.11. The van der Waals surface area contributed by atoms with Crippen LogP contribution < -0.4 is 16.0 Å². The van der Waals surface area contributed by atoms with Crippen molar-refractivity contribution in [2.45, 2.75) is 40.2 Å². The SMILES string of the molecule is CN=C(NCCC(=O)Nc1ccc(C)cn1)NC(C)C(C)C. The molecule has 0 saturated heterocycles. The first-order valence-electron chi connectivity index (χ1n) is 7.62. The summed E-state index contributed by atoms with van der Waals surface area (Å²) < 4.78 is 0. The van der Waals surface area contributed by atoms with E-state index in [1.54, 1.807) is 19.3 Å². The number of guanidine groups is 1. The monoisotopic (exact) mass is 305 g/mol. The van der Waals surface area contributed by atoms with E-state index in [0.717, 1.165) is 5.56 Å². The zero-order valence-corrected chi connectivity index (χ0v) is 14.1. The Balaban J connectivity index is 2.33. The lowest BCUT2D eigenvalue weighted by atomic mass is 10.1. The van der Waals surface area contributed by atoms with E-state index in [4.69, 9.17) is 0 Å². The van der Waals surface area contributed by atoms with E-state index in [-0.39, 0.29) is 5.91 Å². The van der Waals surface area contributed by atoms with Gasteiger partial charge in [0.15, 0.2) is 5.96 Å². The average Bonchev–Trinajstić information content (AvgIpc) is 2.48. The van der Waals surface area contributed by atoms with Crippen molar-refractivity contribution in [3.63, 3.8) is 0 Å². The van der Waals surface area contributed by atoms with Crippen LogP contribution in [0.15, 0.2) is 23.3 Å². The van der Waals surface area contributed by atoms with Gasteiger partial charge >= 0.3 is 0 Å². The third kappa shape index (κ3) is 6.56. The first kappa shape index (κ1) is 17.9. The van der Waals surface area contributed by atoms with Gasteiger partial charge in [0.05, 0.1) is 0 Å². The molecule has 0 saturated carbocycles. The predicted octanol–water partition coefficient (Wildman–Crippen LogP) is 1.93. The van der Waals surface area contributed by atoms with Crippen LogP contribution in [0.5, 0.6) is 0 Å². The highest BCUT2D eigenvalue weighted by molar-refractivity contribution is 5.90. The van der Waals surface area contributed by atoms with Gasteiger partial charge in [-0.2, -0.15) is 0 Å². The molecular formula is C16H27N5O. The summed E-state index contributed by atoms with van der Waals surface area (Å²) in [7, 11) is 1.72. The summed E-state index contributed by atoms with van der Waals surface area (Å²) in [6.07, 6.45) is 2.08. The molecule has 0 aliphatic carbocycles. The number of nitrogens with zero attached hydrogens (tertiary/aromatic N) is 2. The third-order valence-corrected chi connectivity index (χ3v) is 3.41. The highest BCUT2D eigenvalue weighted by Crippen LogP contribution is 2.04. The van der Waals surface area contributed by atoms with Crippen LogP contribution in [0.3, 0.4) is 0 Å². The van der Waals surface area contributed by atoms with E-state index < -0.39 is 0 Å². The highest BCUT2D eigenvalue weighted by Gasteiger charge is 2.09. The number of aliphatic imine (C=N–C) groups is 1. The molecule has 0 aromatic carbocycles. The molecule has 1 aromatic heterocycles. The maximum atomic E-state index is 11.8. The number of aromatic nitrogens is 1. The second-order valence-electron chi connectivity index (χ2n) is 5.69. The summed E-state index contributed by atoms with van der Waals surface area (Å²) in [4.78, 5) is 20.1. The van der Waals surface area contributed by atoms with Crippen molar-refractivity contribution in [2.24, 2.45) is 10.9 Å². The molecule has 1 amide bonds. The Morgan fingerprint density at radius 2 is 2.05 bits per heavy atom. The van der Waals surface area contributed by atoms with Crippen molar-refractivity contribution in [1.29, 1.82) is 0 Å². The number of amides is 1. The minimum absolute atomic E-state index is 0.0729. The van der Waals surface area contributed by atoms with Crippen LogP contribution in [-0.2, 0) is 4.79 Å². The van der Waals surface area contributed by atoms with E-state index >= 15 is 0 Å². The Morgan fingerprint density at radius 1 is 1.32 bits per heavy atom. The Kier molecular flexibility index (Phi) is 7.36. The van der Waals surface area contributed by atoms with E-state index in [1.165, 1.54) is 0 Å². The van der Waals surface area contributed by atoms with Crippen molar-refractivity contribution in [1.82, 2.24) is 15.6 Å². The molecule has 1 atom stereocenters. The quantitative estimate of drug-likeness (QED) is 0.554. The smallest absolute Gasteiger partial charge is 0.227 e. The van der Waals surface area contributed by atoms with Gasteiger partial charge in [0.1, 0.15) is 5.82 Å². The van der Waals surface area contributed by atoms with Crippen LogP contribution in [0.2, 0.25) is 0 Å². The lowest BCUT2D eigenvalue weighted by Gasteiger charge is -2.20. The third-order valence-electron chi connectivity index (χ3n) is 3.41. The van der Waals surface area contributed by atoms with Crippen molar-refractivity contribution >= 4 is 17.7 Å². The fraction of sp³-hybridized carbons (Fsp3) is 0.562. The number of pyridine rings is 1. The first-order valence-corrected chi connectivity index (χ1v) is 7.62. The standard InChI is InChI=1S/C16H27N5O/c1-11(2)13(4)20-16(17-5)18-9-8-15(22)21-14-7-6-12(3)10-19-14/h6-7,10-11,13H,8-9H2,1-5H3,(H2,17,18,20)(H,19,21,22). The number of carbonyl (C=O) groups is 1. The van der Waals surface area contributed by atoms with E-state index in [2.05, 4.69) is 46.7 Å². The molecule has 1 aromatic rings. The Morgan fingerprint density at radius 3 is 2.59 bits per heavy atom. The molecule has 0 radical (unpaired) electrons. The topological polar surface area (TPSA) is 78.4 Å². The van der Waals surface area contributed by atoms with E-state index in [9.17, 15) is 4.79 Å². The summed E-state index contributed by atoms with van der Waals surface area (Å²) in [5.74, 6) is 1.72. The molecule has 0 fully saturated rings. The van der Waals surface area contributed by atoms with Gasteiger partial charge in [-0.15, -0.1) is 0 Å². The molecule has 6 nitrogen and oxygen atoms in total. The van der Waals surface area contributed by atoms with Crippen LogP contribution in [0.25, 0.3) is 0 Å². The van der Waals surface area contributed by atoms with Crippen molar-refractivity contribution in [2.75, 3.05) is 18.9 Å². The van der Waals surface area contributed by atoms with Gasteiger partial charge < -0.3 is 16.0 Å². The van der Waals surface area contributed by atoms with Crippen molar-refractivity contribution < 1.29 is 4.79 Å². The van der Waals surface area contributed by atoms with Crippen LogP contribution in [0, 0.1) is 12.8 Å². The molecule has 0 bridgehead atoms. The van der Waals surface area contributed by atoms with Gasteiger partial charge in [0.25, 0.3) is 0 Å². The molecule has 0 aliphatic heterocycles. The maximum absolute atomic E-state index is 11.8. The van der Waals surface area contributed by atoms with Gasteiger partial charge in [-0.3, -0.25) is 9.79 Å². The predicted molar refractivity (Wildman–Crippen MR) is 91.0 cm³/mol. The highest BCUT2D eigenvalue weighted by atomic mass is 16.1. The molecule has 6 heteroatoms. The second kappa shape index (κ2) is 9.02. The normalized spacial score (nSPS) is 12.9. The second-order valence-corrected chi connectivity index (χ2v) is 5.69. The average molecular weight is 305 g/mol. The fourth-order valence-electron chi connectivity index (χ4n) is 1.62. The van der Waals surface area contributed by atoms with Crippen LogP contribution in [0.4, 0.5) is 5.82 Å². The van der Waals surface area contributed by atoms with Crippen molar-refractivity contribution in [3.05, 3.63) is 23.9 Å². The summed E-state index contributed by atoms with van der Waals surface area (Å²) in [5, 5.41) is 9.20.